The lowest BCUT2D eigenvalue weighted by Crippen LogP contribution is -2.27. The van der Waals surface area contributed by atoms with Gasteiger partial charge in [-0.2, -0.15) is 0 Å². The molecule has 0 aliphatic carbocycles. The number of ether oxygens (including phenoxy) is 1. The minimum atomic E-state index is -1.46. The Morgan fingerprint density at radius 2 is 2.00 bits per heavy atom. The first-order valence-electron chi connectivity index (χ1n) is 5.64. The number of hydrogen-bond donors (Lipinski definition) is 2. The molecule has 0 aromatic heterocycles. The molecule has 2 rings (SSSR count). The van der Waals surface area contributed by atoms with Gasteiger partial charge in [0, 0.05) is 12.7 Å². The lowest BCUT2D eigenvalue weighted by Gasteiger charge is -2.12. The molecule has 1 saturated heterocycles. The second-order valence-corrected chi connectivity index (χ2v) is 4.11. The molecule has 1 aromatic carbocycles. The third-order valence-electron chi connectivity index (χ3n) is 2.77. The fraction of sp³-hybridized carbons (Fsp3) is 0.333. The highest BCUT2D eigenvalue weighted by molar-refractivity contribution is 6.01. The van der Waals surface area contributed by atoms with Crippen molar-refractivity contribution in [2.24, 2.45) is 0 Å². The smallest absolute Gasteiger partial charge is 0.337 e. The number of benzene rings is 1. The Hall–Kier alpha value is -2.02. The normalized spacial score (nSPS) is 18.3. The Bertz CT molecular complexity index is 527. The van der Waals surface area contributed by atoms with E-state index in [9.17, 15) is 18.4 Å². The van der Waals surface area contributed by atoms with Crippen LogP contribution in [0.3, 0.4) is 0 Å². The average molecular weight is 271 g/mol. The molecular weight excluding hydrogens is 260 g/mol. The van der Waals surface area contributed by atoms with E-state index in [1.54, 1.807) is 0 Å². The number of amides is 1. The third-order valence-corrected chi connectivity index (χ3v) is 2.77. The Morgan fingerprint density at radius 3 is 2.58 bits per heavy atom. The lowest BCUT2D eigenvalue weighted by molar-refractivity contribution is -0.124. The van der Waals surface area contributed by atoms with Gasteiger partial charge in [-0.25, -0.2) is 13.6 Å². The molecule has 1 aliphatic heterocycles. The van der Waals surface area contributed by atoms with Crippen LogP contribution in [0, 0.1) is 11.6 Å². The zero-order valence-electron chi connectivity index (χ0n) is 9.78. The molecule has 19 heavy (non-hydrogen) atoms. The molecule has 1 atom stereocenters. The summed E-state index contributed by atoms with van der Waals surface area (Å²) in [6.07, 6.45) is 0.550. The summed E-state index contributed by atoms with van der Waals surface area (Å²) in [6, 6.07) is 1.18. The molecule has 102 valence electrons. The number of carbonyl (C=O) groups is 2. The first kappa shape index (κ1) is 13.4. The largest absolute Gasteiger partial charge is 0.478 e. The van der Waals surface area contributed by atoms with E-state index in [4.69, 9.17) is 9.84 Å². The average Bonchev–Trinajstić information content (AvgIpc) is 2.86. The van der Waals surface area contributed by atoms with Crippen molar-refractivity contribution in [3.8, 4) is 0 Å². The maximum atomic E-state index is 13.1. The summed E-state index contributed by atoms with van der Waals surface area (Å²) >= 11 is 0. The highest BCUT2D eigenvalue weighted by Gasteiger charge is 2.25. The fourth-order valence-corrected chi connectivity index (χ4v) is 1.82. The quantitative estimate of drug-likeness (QED) is 0.878. The van der Waals surface area contributed by atoms with Gasteiger partial charge in [0.05, 0.1) is 11.3 Å². The first-order valence-corrected chi connectivity index (χ1v) is 5.64. The molecule has 0 spiro atoms. The summed E-state index contributed by atoms with van der Waals surface area (Å²) in [7, 11) is 0. The number of nitrogens with one attached hydrogen (secondary N) is 1. The van der Waals surface area contributed by atoms with Crippen LogP contribution >= 0.6 is 0 Å². The van der Waals surface area contributed by atoms with Gasteiger partial charge in [-0.3, -0.25) is 4.79 Å². The van der Waals surface area contributed by atoms with Crippen LogP contribution in [-0.2, 0) is 9.53 Å². The summed E-state index contributed by atoms with van der Waals surface area (Å²) in [4.78, 5) is 22.7. The molecule has 1 aliphatic rings. The van der Waals surface area contributed by atoms with Gasteiger partial charge in [-0.15, -0.1) is 0 Å². The topological polar surface area (TPSA) is 75.6 Å². The van der Waals surface area contributed by atoms with Gasteiger partial charge >= 0.3 is 5.97 Å². The zero-order valence-corrected chi connectivity index (χ0v) is 9.78. The molecule has 2 N–H and O–H groups in total. The molecule has 0 bridgehead atoms. The summed E-state index contributed by atoms with van der Waals surface area (Å²) < 4.78 is 31.2. The number of carboxylic acid groups (broad SMARTS) is 1. The predicted molar refractivity (Wildman–Crippen MR) is 60.9 cm³/mol. The number of rotatable bonds is 3. The molecule has 5 nitrogen and oxygen atoms in total. The van der Waals surface area contributed by atoms with Crippen LogP contribution in [0.4, 0.5) is 14.5 Å². The monoisotopic (exact) mass is 271 g/mol. The molecule has 7 heteroatoms. The standard InChI is InChI=1S/C12H11F2NO4/c13-7-4-6(12(17)18)9(5-8(7)14)15-11(16)10-2-1-3-19-10/h4-5,10H,1-3H2,(H,15,16)(H,17,18)/t10-/m1/s1. The molecule has 0 saturated carbocycles. The minimum Gasteiger partial charge on any atom is -0.478 e. The van der Waals surface area contributed by atoms with Crippen LogP contribution < -0.4 is 5.32 Å². The van der Waals surface area contributed by atoms with Gasteiger partial charge < -0.3 is 15.2 Å². The molecule has 1 heterocycles. The Labute approximate surface area is 107 Å². The summed E-state index contributed by atoms with van der Waals surface area (Å²) in [5.74, 6) is -4.53. The van der Waals surface area contributed by atoms with E-state index in [-0.39, 0.29) is 5.69 Å². The number of halogens is 2. The lowest BCUT2D eigenvalue weighted by atomic mass is 10.1. The van der Waals surface area contributed by atoms with Gasteiger partial charge in [0.15, 0.2) is 11.6 Å². The fourth-order valence-electron chi connectivity index (χ4n) is 1.82. The Balaban J connectivity index is 2.25. The number of carboxylic acids is 1. The van der Waals surface area contributed by atoms with Crippen LogP contribution in [0.25, 0.3) is 0 Å². The summed E-state index contributed by atoms with van der Waals surface area (Å²) in [6.45, 7) is 0.446. The number of aromatic carboxylic acids is 1. The number of carbonyl (C=O) groups excluding carboxylic acids is 1. The van der Waals surface area contributed by atoms with Crippen molar-refractivity contribution in [1.29, 1.82) is 0 Å². The van der Waals surface area contributed by atoms with E-state index in [0.717, 1.165) is 6.42 Å². The molecular formula is C12H11F2NO4. The Morgan fingerprint density at radius 1 is 1.32 bits per heavy atom. The molecule has 1 fully saturated rings. The van der Waals surface area contributed by atoms with E-state index in [0.29, 0.717) is 25.2 Å². The Kier molecular flexibility index (Phi) is 3.75. The summed E-state index contributed by atoms with van der Waals surface area (Å²) in [5, 5.41) is 11.1. The van der Waals surface area contributed by atoms with Gasteiger partial charge in [0.2, 0.25) is 0 Å². The van der Waals surface area contributed by atoms with E-state index in [2.05, 4.69) is 5.32 Å². The van der Waals surface area contributed by atoms with Gasteiger partial charge in [-0.05, 0) is 18.9 Å². The maximum Gasteiger partial charge on any atom is 0.337 e. The highest BCUT2D eigenvalue weighted by atomic mass is 19.2. The van der Waals surface area contributed by atoms with E-state index >= 15 is 0 Å². The molecule has 1 amide bonds. The van der Waals surface area contributed by atoms with Crippen LogP contribution in [0.5, 0.6) is 0 Å². The SMILES string of the molecule is O=C(O)c1cc(F)c(F)cc1NC(=O)[C@H]1CCCO1. The van der Waals surface area contributed by atoms with Crippen LogP contribution in [0.2, 0.25) is 0 Å². The van der Waals surface area contributed by atoms with Crippen LogP contribution in [-0.4, -0.2) is 29.7 Å². The van der Waals surface area contributed by atoms with Gasteiger partial charge in [0.1, 0.15) is 6.10 Å². The van der Waals surface area contributed by atoms with Crippen LogP contribution in [0.1, 0.15) is 23.2 Å². The molecule has 1 aromatic rings. The maximum absolute atomic E-state index is 13.1. The second kappa shape index (κ2) is 5.31. The minimum absolute atomic E-state index is 0.285. The van der Waals surface area contributed by atoms with Crippen LogP contribution in [0.15, 0.2) is 12.1 Å². The van der Waals surface area contributed by atoms with E-state index in [1.165, 1.54) is 0 Å². The predicted octanol–water partition coefficient (Wildman–Crippen LogP) is 1.78. The first-order chi connectivity index (χ1) is 8.99. The van der Waals surface area contributed by atoms with Crippen molar-refractivity contribution in [1.82, 2.24) is 0 Å². The summed E-state index contributed by atoms with van der Waals surface area (Å²) in [5.41, 5.74) is -0.794. The van der Waals surface area contributed by atoms with Crippen molar-refractivity contribution in [3.63, 3.8) is 0 Å². The number of anilines is 1. The van der Waals surface area contributed by atoms with Gasteiger partial charge in [0.25, 0.3) is 5.91 Å². The van der Waals surface area contributed by atoms with Gasteiger partial charge in [-0.1, -0.05) is 0 Å². The van der Waals surface area contributed by atoms with Crippen molar-refractivity contribution in [2.75, 3.05) is 11.9 Å². The van der Waals surface area contributed by atoms with Crippen molar-refractivity contribution < 1.29 is 28.2 Å². The van der Waals surface area contributed by atoms with Crippen molar-refractivity contribution in [2.45, 2.75) is 18.9 Å². The van der Waals surface area contributed by atoms with E-state index in [1.807, 2.05) is 0 Å². The second-order valence-electron chi connectivity index (χ2n) is 4.11. The van der Waals surface area contributed by atoms with E-state index < -0.39 is 35.2 Å². The zero-order chi connectivity index (χ0) is 14.0. The van der Waals surface area contributed by atoms with Crippen molar-refractivity contribution >= 4 is 17.6 Å². The molecule has 0 unspecified atom stereocenters. The molecule has 0 radical (unpaired) electrons. The number of hydrogen-bond acceptors (Lipinski definition) is 3. The highest BCUT2D eigenvalue weighted by Crippen LogP contribution is 2.22. The third kappa shape index (κ3) is 2.87. The van der Waals surface area contributed by atoms with Crippen molar-refractivity contribution in [3.05, 3.63) is 29.3 Å².